The van der Waals surface area contributed by atoms with Crippen molar-refractivity contribution in [3.8, 4) is 5.75 Å². The molecule has 0 aliphatic rings. The van der Waals surface area contributed by atoms with Crippen LogP contribution >= 0.6 is 43.2 Å². The first-order chi connectivity index (χ1) is 8.70. The molecule has 2 nitrogen and oxygen atoms in total. The lowest BCUT2D eigenvalue weighted by Gasteiger charge is -2.09. The molecule has 0 fully saturated rings. The average molecular weight is 391 g/mol. The SMILES string of the molecule is NCCc1ccc(OCc2sccc2Br)c(Br)c1. The Morgan fingerprint density at radius 3 is 2.61 bits per heavy atom. The Balaban J connectivity index is 2.03. The standard InChI is InChI=1S/C13H13Br2NOS/c14-10-4-6-18-13(10)8-17-12-2-1-9(3-5-16)7-11(12)15/h1-2,4,6-7H,3,5,8,16H2. The zero-order chi connectivity index (χ0) is 13.0. The monoisotopic (exact) mass is 389 g/mol. The summed E-state index contributed by atoms with van der Waals surface area (Å²) < 4.78 is 7.87. The molecule has 0 aliphatic heterocycles. The van der Waals surface area contributed by atoms with E-state index in [1.54, 1.807) is 11.3 Å². The number of benzene rings is 1. The molecule has 0 saturated carbocycles. The van der Waals surface area contributed by atoms with Crippen LogP contribution in [0.1, 0.15) is 10.4 Å². The molecule has 5 heteroatoms. The summed E-state index contributed by atoms with van der Waals surface area (Å²) in [5, 5.41) is 2.04. The first-order valence-corrected chi connectivity index (χ1v) is 8.00. The summed E-state index contributed by atoms with van der Waals surface area (Å²) in [6.45, 7) is 1.24. The van der Waals surface area contributed by atoms with Crippen molar-refractivity contribution in [1.29, 1.82) is 0 Å². The van der Waals surface area contributed by atoms with E-state index in [0.29, 0.717) is 13.2 Å². The Kier molecular flexibility index (Phi) is 5.24. The van der Waals surface area contributed by atoms with Crippen LogP contribution in [0.4, 0.5) is 0 Å². The lowest BCUT2D eigenvalue weighted by Crippen LogP contribution is -2.03. The van der Waals surface area contributed by atoms with Gasteiger partial charge in [-0.2, -0.15) is 0 Å². The maximum Gasteiger partial charge on any atom is 0.134 e. The quantitative estimate of drug-likeness (QED) is 0.823. The minimum atomic E-state index is 0.576. The fraction of sp³-hybridized carbons (Fsp3) is 0.231. The maximum atomic E-state index is 5.80. The van der Waals surface area contributed by atoms with Gasteiger partial charge in [0.2, 0.25) is 0 Å². The number of halogens is 2. The number of rotatable bonds is 5. The van der Waals surface area contributed by atoms with Crippen molar-refractivity contribution < 1.29 is 4.74 Å². The third-order valence-corrected chi connectivity index (χ3v) is 5.00. The largest absolute Gasteiger partial charge is 0.487 e. The number of hydrogen-bond donors (Lipinski definition) is 1. The lowest BCUT2D eigenvalue weighted by atomic mass is 10.1. The van der Waals surface area contributed by atoms with Gasteiger partial charge in [0.05, 0.1) is 9.35 Å². The average Bonchev–Trinajstić information content (AvgIpc) is 2.74. The molecule has 0 aliphatic carbocycles. The highest BCUT2D eigenvalue weighted by Crippen LogP contribution is 2.29. The molecule has 0 amide bonds. The fourth-order valence-corrected chi connectivity index (χ4v) is 3.47. The van der Waals surface area contributed by atoms with Gasteiger partial charge in [-0.3, -0.25) is 0 Å². The Bertz CT molecular complexity index is 527. The van der Waals surface area contributed by atoms with Crippen molar-refractivity contribution in [2.24, 2.45) is 5.73 Å². The summed E-state index contributed by atoms with van der Waals surface area (Å²) in [6.07, 6.45) is 0.884. The van der Waals surface area contributed by atoms with Crippen LogP contribution in [0.2, 0.25) is 0 Å². The van der Waals surface area contributed by atoms with Gasteiger partial charge in [-0.15, -0.1) is 11.3 Å². The molecule has 2 aromatic rings. The van der Waals surface area contributed by atoms with E-state index in [9.17, 15) is 0 Å². The first kappa shape index (κ1) is 14.1. The minimum absolute atomic E-state index is 0.576. The van der Waals surface area contributed by atoms with Gasteiger partial charge >= 0.3 is 0 Å². The van der Waals surface area contributed by atoms with Gasteiger partial charge in [0, 0.05) is 4.47 Å². The third-order valence-electron chi connectivity index (χ3n) is 2.48. The molecule has 0 atom stereocenters. The first-order valence-electron chi connectivity index (χ1n) is 5.54. The Labute approximate surface area is 127 Å². The minimum Gasteiger partial charge on any atom is -0.487 e. The second-order valence-electron chi connectivity index (χ2n) is 3.78. The van der Waals surface area contributed by atoms with Crippen LogP contribution in [-0.2, 0) is 13.0 Å². The second-order valence-corrected chi connectivity index (χ2v) is 6.49. The number of nitrogens with two attached hydrogens (primary N) is 1. The summed E-state index contributed by atoms with van der Waals surface area (Å²) in [5.74, 6) is 0.857. The number of thiophene rings is 1. The molecule has 18 heavy (non-hydrogen) atoms. The van der Waals surface area contributed by atoms with Crippen LogP contribution in [0.5, 0.6) is 5.75 Å². The van der Waals surface area contributed by atoms with Crippen molar-refractivity contribution in [2.45, 2.75) is 13.0 Å². The van der Waals surface area contributed by atoms with E-state index in [4.69, 9.17) is 10.5 Å². The summed E-state index contributed by atoms with van der Waals surface area (Å²) >= 11 is 8.70. The molecule has 1 aromatic heterocycles. The molecule has 0 bridgehead atoms. The fourth-order valence-electron chi connectivity index (χ4n) is 1.55. The van der Waals surface area contributed by atoms with Crippen molar-refractivity contribution >= 4 is 43.2 Å². The van der Waals surface area contributed by atoms with Crippen LogP contribution in [0.15, 0.2) is 38.6 Å². The summed E-state index contributed by atoms with van der Waals surface area (Å²) in [4.78, 5) is 1.19. The number of hydrogen-bond acceptors (Lipinski definition) is 3. The Morgan fingerprint density at radius 2 is 2.00 bits per heavy atom. The van der Waals surface area contributed by atoms with Gasteiger partial charge in [0.1, 0.15) is 12.4 Å². The Morgan fingerprint density at radius 1 is 1.17 bits per heavy atom. The predicted octanol–water partition coefficient (Wildman–Crippen LogP) is 4.35. The van der Waals surface area contributed by atoms with E-state index < -0.39 is 0 Å². The lowest BCUT2D eigenvalue weighted by molar-refractivity contribution is 0.307. The van der Waals surface area contributed by atoms with Crippen LogP contribution in [-0.4, -0.2) is 6.54 Å². The zero-order valence-corrected chi connectivity index (χ0v) is 13.6. The molecule has 0 unspecified atom stereocenters. The molecular formula is C13H13Br2NOS. The van der Waals surface area contributed by atoms with Crippen molar-refractivity contribution in [1.82, 2.24) is 0 Å². The van der Waals surface area contributed by atoms with E-state index in [0.717, 1.165) is 21.1 Å². The van der Waals surface area contributed by atoms with E-state index >= 15 is 0 Å². The van der Waals surface area contributed by atoms with Gasteiger partial charge in [0.15, 0.2) is 0 Å². The molecule has 2 N–H and O–H groups in total. The normalized spacial score (nSPS) is 10.6. The van der Waals surface area contributed by atoms with Gasteiger partial charge < -0.3 is 10.5 Å². The van der Waals surface area contributed by atoms with Gasteiger partial charge in [-0.05, 0) is 74.0 Å². The van der Waals surface area contributed by atoms with Gasteiger partial charge in [0.25, 0.3) is 0 Å². The zero-order valence-electron chi connectivity index (χ0n) is 9.66. The van der Waals surface area contributed by atoms with Crippen LogP contribution in [0.3, 0.4) is 0 Å². The van der Waals surface area contributed by atoms with Crippen LogP contribution in [0.25, 0.3) is 0 Å². The highest BCUT2D eigenvalue weighted by atomic mass is 79.9. The van der Waals surface area contributed by atoms with Gasteiger partial charge in [-0.1, -0.05) is 6.07 Å². The number of ether oxygens (including phenoxy) is 1. The molecule has 1 heterocycles. The second kappa shape index (κ2) is 6.70. The third kappa shape index (κ3) is 3.57. The highest BCUT2D eigenvalue weighted by Gasteiger charge is 2.06. The summed E-state index contributed by atoms with van der Waals surface area (Å²) in [7, 11) is 0. The van der Waals surface area contributed by atoms with E-state index in [1.165, 1.54) is 10.4 Å². The predicted molar refractivity (Wildman–Crippen MR) is 83.3 cm³/mol. The van der Waals surface area contributed by atoms with Crippen molar-refractivity contribution in [3.63, 3.8) is 0 Å². The van der Waals surface area contributed by atoms with Crippen molar-refractivity contribution in [2.75, 3.05) is 6.54 Å². The van der Waals surface area contributed by atoms with E-state index in [1.807, 2.05) is 17.5 Å². The molecule has 1 aromatic carbocycles. The summed E-state index contributed by atoms with van der Waals surface area (Å²) in [6, 6.07) is 8.13. The molecule has 2 rings (SSSR count). The molecular weight excluding hydrogens is 378 g/mol. The van der Waals surface area contributed by atoms with Crippen LogP contribution in [0, 0.1) is 0 Å². The molecule has 96 valence electrons. The van der Waals surface area contributed by atoms with Crippen LogP contribution < -0.4 is 10.5 Å². The summed E-state index contributed by atoms with van der Waals surface area (Å²) in [5.41, 5.74) is 6.75. The van der Waals surface area contributed by atoms with Crippen molar-refractivity contribution in [3.05, 3.63) is 49.0 Å². The topological polar surface area (TPSA) is 35.2 Å². The molecule has 0 saturated heterocycles. The Hall–Kier alpha value is -0.360. The van der Waals surface area contributed by atoms with Gasteiger partial charge in [-0.25, -0.2) is 0 Å². The van der Waals surface area contributed by atoms with E-state index in [-0.39, 0.29) is 0 Å². The molecule has 0 spiro atoms. The smallest absolute Gasteiger partial charge is 0.134 e. The van der Waals surface area contributed by atoms with E-state index in [2.05, 4.69) is 44.0 Å². The highest BCUT2D eigenvalue weighted by molar-refractivity contribution is 9.10. The molecule has 0 radical (unpaired) electrons. The maximum absolute atomic E-state index is 5.80.